The van der Waals surface area contributed by atoms with Crippen LogP contribution < -0.4 is 10.00 Å². The van der Waals surface area contributed by atoms with Crippen LogP contribution in [-0.2, 0) is 9.59 Å². The lowest BCUT2D eigenvalue weighted by Gasteiger charge is -2.22. The third-order valence-electron chi connectivity index (χ3n) is 2.72. The molecule has 8 heteroatoms. The minimum absolute atomic E-state index is 0.254. The SMILES string of the molecule is C[N+](C)(C)CC[P+]([O-])=CC/C(C(=O)[O-])=C(\CCO)C(=O)O. The zero-order chi connectivity index (χ0) is 16.6. The van der Waals surface area contributed by atoms with E-state index < -0.39 is 37.5 Å². The van der Waals surface area contributed by atoms with Gasteiger partial charge in [0.2, 0.25) is 0 Å². The highest BCUT2D eigenvalue weighted by atomic mass is 31.1. The van der Waals surface area contributed by atoms with Gasteiger partial charge in [-0.1, -0.05) is 0 Å². The van der Waals surface area contributed by atoms with Gasteiger partial charge in [-0.15, -0.1) is 0 Å². The number of quaternary nitrogens is 1. The first-order chi connectivity index (χ1) is 9.58. The Morgan fingerprint density at radius 2 is 1.81 bits per heavy atom. The molecule has 2 N–H and O–H groups in total. The molecule has 1 unspecified atom stereocenters. The largest absolute Gasteiger partial charge is 0.631 e. The summed E-state index contributed by atoms with van der Waals surface area (Å²) < 4.78 is 0.628. The molecule has 0 aromatic carbocycles. The van der Waals surface area contributed by atoms with E-state index in [4.69, 9.17) is 10.2 Å². The number of carbonyl (C=O) groups excluding carboxylic acids is 1. The summed E-state index contributed by atoms with van der Waals surface area (Å²) in [5.74, 6) is -1.73. The van der Waals surface area contributed by atoms with Crippen molar-refractivity contribution >= 4 is 25.5 Å². The van der Waals surface area contributed by atoms with Gasteiger partial charge in [-0.25, -0.2) is 4.79 Å². The summed E-state index contributed by atoms with van der Waals surface area (Å²) in [5, 5.41) is 28.8. The second-order valence-electron chi connectivity index (χ2n) is 5.56. The van der Waals surface area contributed by atoms with Gasteiger partial charge in [-0.05, 0) is 5.57 Å². The van der Waals surface area contributed by atoms with Crippen LogP contribution in [0.5, 0.6) is 0 Å². The number of rotatable bonds is 9. The van der Waals surface area contributed by atoms with Crippen molar-refractivity contribution in [3.05, 3.63) is 11.1 Å². The number of aliphatic hydroxyl groups is 1. The van der Waals surface area contributed by atoms with Crippen molar-refractivity contribution in [1.29, 1.82) is 0 Å². The Kier molecular flexibility index (Phi) is 8.36. The maximum atomic E-state index is 11.8. The molecule has 0 aromatic heterocycles. The maximum Gasteiger partial charge on any atom is 0.332 e. The van der Waals surface area contributed by atoms with Crippen molar-refractivity contribution in [3.8, 4) is 0 Å². The minimum Gasteiger partial charge on any atom is -0.631 e. The van der Waals surface area contributed by atoms with Crippen LogP contribution in [0.25, 0.3) is 0 Å². The van der Waals surface area contributed by atoms with Crippen molar-refractivity contribution in [1.82, 2.24) is 0 Å². The van der Waals surface area contributed by atoms with E-state index in [2.05, 4.69) is 0 Å². The van der Waals surface area contributed by atoms with Crippen molar-refractivity contribution in [3.63, 3.8) is 0 Å². The molecule has 0 saturated heterocycles. The van der Waals surface area contributed by atoms with Crippen molar-refractivity contribution < 1.29 is 34.3 Å². The molecule has 0 aliphatic carbocycles. The van der Waals surface area contributed by atoms with Crippen LogP contribution in [0.4, 0.5) is 0 Å². The number of hydrogen-bond acceptors (Lipinski definition) is 5. The monoisotopic (exact) mass is 319 g/mol. The molecular weight excluding hydrogens is 297 g/mol. The molecule has 0 radical (unpaired) electrons. The van der Waals surface area contributed by atoms with E-state index in [1.54, 1.807) is 0 Å². The zero-order valence-electron chi connectivity index (χ0n) is 12.5. The molecule has 0 aromatic rings. The van der Waals surface area contributed by atoms with Crippen molar-refractivity contribution in [2.45, 2.75) is 12.8 Å². The molecule has 7 nitrogen and oxygen atoms in total. The first-order valence-corrected chi connectivity index (χ1v) is 7.95. The van der Waals surface area contributed by atoms with E-state index in [0.29, 0.717) is 17.2 Å². The molecular formula is C13H22NO6P. The van der Waals surface area contributed by atoms with E-state index in [0.717, 1.165) is 0 Å². The number of aliphatic carboxylic acids is 2. The molecule has 0 amide bonds. The lowest BCUT2D eigenvalue weighted by molar-refractivity contribution is -0.867. The Morgan fingerprint density at radius 1 is 1.24 bits per heavy atom. The summed E-state index contributed by atoms with van der Waals surface area (Å²) in [7, 11) is 4.10. The van der Waals surface area contributed by atoms with Gasteiger partial charge >= 0.3 is 5.97 Å². The molecule has 0 aliphatic heterocycles. The first-order valence-electron chi connectivity index (χ1n) is 6.43. The normalized spacial score (nSPS) is 13.9. The Balaban J connectivity index is 5.06. The number of carboxylic acid groups (broad SMARTS) is 2. The van der Waals surface area contributed by atoms with Crippen molar-refractivity contribution in [2.24, 2.45) is 0 Å². The third-order valence-corrected chi connectivity index (χ3v) is 3.95. The van der Waals surface area contributed by atoms with Crippen LogP contribution >= 0.6 is 7.77 Å². The summed E-state index contributed by atoms with van der Waals surface area (Å²) in [6.45, 7) is 0.171. The Morgan fingerprint density at radius 3 is 2.19 bits per heavy atom. The molecule has 120 valence electrons. The molecule has 0 aliphatic rings. The number of hydrogen-bond donors (Lipinski definition) is 2. The van der Waals surface area contributed by atoms with E-state index in [-0.39, 0.29) is 12.8 Å². The standard InChI is InChI=1S/C13H22NO6P/c1-14(2,3)6-9-21(20)8-5-11(13(18)19)10(4-7-15)12(16)17/h8,15H,4-7,9H2,1-3H3,(H-,16,17,18,19)/b11-10-. The summed E-state index contributed by atoms with van der Waals surface area (Å²) >= 11 is 0. The third kappa shape index (κ3) is 8.57. The number of aliphatic hydroxyl groups excluding tert-OH is 1. The summed E-state index contributed by atoms with van der Waals surface area (Å²) in [6, 6.07) is 0. The molecule has 1 atom stereocenters. The van der Waals surface area contributed by atoms with Crippen molar-refractivity contribution in [2.75, 3.05) is 40.5 Å². The fourth-order valence-corrected chi connectivity index (χ4v) is 2.88. The smallest absolute Gasteiger partial charge is 0.332 e. The lowest BCUT2D eigenvalue weighted by atomic mass is 10.0. The highest BCUT2D eigenvalue weighted by Crippen LogP contribution is 2.17. The van der Waals surface area contributed by atoms with E-state index in [9.17, 15) is 19.6 Å². The van der Waals surface area contributed by atoms with Gasteiger partial charge in [0.05, 0.1) is 40.7 Å². The van der Waals surface area contributed by atoms with Gasteiger partial charge in [-0.3, -0.25) is 0 Å². The summed E-state index contributed by atoms with van der Waals surface area (Å²) in [6.07, 6.45) is -0.153. The van der Waals surface area contributed by atoms with Crippen LogP contribution in [0.2, 0.25) is 0 Å². The second kappa shape index (κ2) is 8.89. The van der Waals surface area contributed by atoms with E-state index in [1.165, 1.54) is 5.80 Å². The molecule has 0 rings (SSSR count). The lowest BCUT2D eigenvalue weighted by Crippen LogP contribution is -2.36. The zero-order valence-corrected chi connectivity index (χ0v) is 13.4. The maximum absolute atomic E-state index is 11.8. The number of carboxylic acids is 2. The number of carbonyl (C=O) groups is 2. The second-order valence-corrected chi connectivity index (χ2v) is 7.21. The van der Waals surface area contributed by atoms with Gasteiger partial charge in [0.15, 0.2) is 6.16 Å². The number of nitrogens with zero attached hydrogens (tertiary/aromatic N) is 1. The molecule has 0 heterocycles. The molecule has 21 heavy (non-hydrogen) atoms. The highest BCUT2D eigenvalue weighted by Gasteiger charge is 2.16. The molecule has 0 spiro atoms. The van der Waals surface area contributed by atoms with Gasteiger partial charge in [0, 0.05) is 25.0 Å². The van der Waals surface area contributed by atoms with Crippen LogP contribution in [0.1, 0.15) is 12.8 Å². The predicted octanol–water partition coefficient (Wildman–Crippen LogP) is -1.84. The van der Waals surface area contributed by atoms with Crippen LogP contribution in [-0.4, -0.2) is 72.9 Å². The highest BCUT2D eigenvalue weighted by molar-refractivity contribution is 7.50. The van der Waals surface area contributed by atoms with Crippen LogP contribution in [0, 0.1) is 0 Å². The topological polar surface area (TPSA) is 121 Å². The Hall–Kier alpha value is -1.27. The molecule has 0 saturated carbocycles. The molecule has 0 bridgehead atoms. The fourth-order valence-electron chi connectivity index (χ4n) is 1.51. The quantitative estimate of drug-likeness (QED) is 0.292. The summed E-state index contributed by atoms with van der Waals surface area (Å²) in [4.78, 5) is 33.8. The van der Waals surface area contributed by atoms with Gasteiger partial charge in [0.25, 0.3) is 0 Å². The predicted molar refractivity (Wildman–Crippen MR) is 76.7 cm³/mol. The van der Waals surface area contributed by atoms with Gasteiger partial charge in [-0.2, -0.15) is 0 Å². The Labute approximate surface area is 125 Å². The van der Waals surface area contributed by atoms with Crippen LogP contribution in [0.15, 0.2) is 11.1 Å². The van der Waals surface area contributed by atoms with E-state index >= 15 is 0 Å². The van der Waals surface area contributed by atoms with Gasteiger partial charge < -0.3 is 29.5 Å². The van der Waals surface area contributed by atoms with E-state index in [1.807, 2.05) is 21.1 Å². The minimum atomic E-state index is -1.73. The Bertz CT molecular complexity index is 450. The fraction of sp³-hybridized carbons (Fsp3) is 0.615. The average Bonchev–Trinajstić information content (AvgIpc) is 2.33. The molecule has 0 fully saturated rings. The van der Waals surface area contributed by atoms with Crippen LogP contribution in [0.3, 0.4) is 0 Å². The summed E-state index contributed by atoms with van der Waals surface area (Å²) in [5.41, 5.74) is -0.853. The van der Waals surface area contributed by atoms with Gasteiger partial charge in [0.1, 0.15) is 6.54 Å². The average molecular weight is 319 g/mol. The first kappa shape index (κ1) is 19.7.